The molecule has 2 aromatic rings. The van der Waals surface area contributed by atoms with Gasteiger partial charge in [0.1, 0.15) is 17.6 Å². The van der Waals surface area contributed by atoms with Gasteiger partial charge in [-0.3, -0.25) is 9.69 Å². The molecule has 0 bridgehead atoms. The molecule has 1 N–H and O–H groups in total. The molecule has 2 saturated heterocycles. The number of likely N-dealkylation sites (tertiary alicyclic amines) is 1. The zero-order valence-electron chi connectivity index (χ0n) is 16.2. The average molecular weight is 387 g/mol. The van der Waals surface area contributed by atoms with Crippen LogP contribution in [-0.4, -0.2) is 87.8 Å². The van der Waals surface area contributed by atoms with Crippen LogP contribution >= 0.6 is 0 Å². The van der Waals surface area contributed by atoms with E-state index in [0.29, 0.717) is 12.0 Å². The Morgan fingerprint density at radius 2 is 1.86 bits per heavy atom. The monoisotopic (exact) mass is 387 g/mol. The highest BCUT2D eigenvalue weighted by Gasteiger charge is 2.35. The van der Waals surface area contributed by atoms with Gasteiger partial charge in [-0.1, -0.05) is 12.1 Å². The Bertz CT molecular complexity index is 756. The largest absolute Gasteiger partial charge is 0.396 e. The Morgan fingerprint density at radius 3 is 2.54 bits per heavy atom. The molecule has 1 aromatic heterocycles. The number of piperidine rings is 1. The number of hydrogen-bond acceptors (Lipinski definition) is 6. The number of fused-ring (bicyclic) bond motifs is 1. The van der Waals surface area contributed by atoms with E-state index in [0.717, 1.165) is 69.7 Å². The molecule has 4 rings (SSSR count). The van der Waals surface area contributed by atoms with Crippen LogP contribution in [0.1, 0.15) is 19.3 Å². The maximum absolute atomic E-state index is 12.9. The van der Waals surface area contributed by atoms with Crippen molar-refractivity contribution < 1.29 is 14.6 Å². The summed E-state index contributed by atoms with van der Waals surface area (Å²) in [6.45, 7) is 5.34. The summed E-state index contributed by atoms with van der Waals surface area (Å²) in [5.74, 6) is 0.447. The van der Waals surface area contributed by atoms with E-state index in [4.69, 9.17) is 4.74 Å². The second kappa shape index (κ2) is 8.98. The molecule has 2 aliphatic heterocycles. The second-order valence-electron chi connectivity index (χ2n) is 7.69. The van der Waals surface area contributed by atoms with Crippen LogP contribution < -0.4 is 0 Å². The topological polar surface area (TPSA) is 83.7 Å². The van der Waals surface area contributed by atoms with Gasteiger partial charge in [-0.2, -0.15) is 15.0 Å². The van der Waals surface area contributed by atoms with Crippen molar-refractivity contribution in [2.75, 3.05) is 46.0 Å². The normalized spacial score (nSPS) is 24.0. The van der Waals surface area contributed by atoms with Crippen molar-refractivity contribution >= 4 is 16.9 Å². The minimum absolute atomic E-state index is 0.0646. The molecule has 3 heterocycles. The van der Waals surface area contributed by atoms with Gasteiger partial charge in [0.2, 0.25) is 5.91 Å². The first-order chi connectivity index (χ1) is 13.7. The number of aliphatic hydroxyl groups excluding tert-OH is 1. The van der Waals surface area contributed by atoms with Gasteiger partial charge >= 0.3 is 0 Å². The van der Waals surface area contributed by atoms with Crippen LogP contribution in [0.2, 0.25) is 0 Å². The quantitative estimate of drug-likeness (QED) is 0.788. The zero-order valence-corrected chi connectivity index (χ0v) is 16.2. The first kappa shape index (κ1) is 19.3. The number of carbonyl (C=O) groups excluding carboxylic acids is 1. The van der Waals surface area contributed by atoms with Crippen LogP contribution in [0.4, 0.5) is 0 Å². The predicted molar refractivity (Wildman–Crippen MR) is 105 cm³/mol. The standard InChI is InChI=1S/C20H29N5O3/c26-11-3-4-16-14-24(8-7-19(16)23-9-12-28-13-10-23)20(27)15-25-21-17-5-1-2-6-18(17)22-25/h1-2,5-6,16,19,26H,3-4,7-15H2/t16-,19+/m1/s1. The van der Waals surface area contributed by atoms with E-state index in [9.17, 15) is 9.90 Å². The molecule has 8 heteroatoms. The lowest BCUT2D eigenvalue weighted by molar-refractivity contribution is -0.136. The van der Waals surface area contributed by atoms with Gasteiger partial charge in [0.05, 0.1) is 13.2 Å². The van der Waals surface area contributed by atoms with Crippen LogP contribution in [0, 0.1) is 5.92 Å². The van der Waals surface area contributed by atoms with E-state index in [1.807, 2.05) is 29.2 Å². The van der Waals surface area contributed by atoms with Crippen LogP contribution in [0.3, 0.4) is 0 Å². The number of morpholine rings is 1. The third-order valence-corrected chi connectivity index (χ3v) is 5.90. The molecule has 152 valence electrons. The first-order valence-corrected chi connectivity index (χ1v) is 10.2. The van der Waals surface area contributed by atoms with Crippen molar-refractivity contribution in [3.63, 3.8) is 0 Å². The summed E-state index contributed by atoms with van der Waals surface area (Å²) in [5, 5.41) is 18.1. The fourth-order valence-electron chi connectivity index (χ4n) is 4.47. The fraction of sp³-hybridized carbons (Fsp3) is 0.650. The van der Waals surface area contributed by atoms with Gasteiger partial charge in [0, 0.05) is 38.8 Å². The molecule has 2 fully saturated rings. The number of carbonyl (C=O) groups is 1. The Kier molecular flexibility index (Phi) is 6.19. The molecule has 8 nitrogen and oxygen atoms in total. The van der Waals surface area contributed by atoms with Gasteiger partial charge in [-0.25, -0.2) is 0 Å². The van der Waals surface area contributed by atoms with Crippen molar-refractivity contribution in [2.45, 2.75) is 31.8 Å². The Morgan fingerprint density at radius 1 is 1.14 bits per heavy atom. The molecule has 0 saturated carbocycles. The van der Waals surface area contributed by atoms with Crippen LogP contribution in [0.15, 0.2) is 24.3 Å². The van der Waals surface area contributed by atoms with Crippen molar-refractivity contribution in [3.05, 3.63) is 24.3 Å². The molecular formula is C20H29N5O3. The zero-order chi connectivity index (χ0) is 19.3. The molecule has 0 unspecified atom stereocenters. The molecular weight excluding hydrogens is 358 g/mol. The number of aromatic nitrogens is 3. The van der Waals surface area contributed by atoms with E-state index in [1.165, 1.54) is 4.80 Å². The van der Waals surface area contributed by atoms with E-state index in [2.05, 4.69) is 15.1 Å². The lowest BCUT2D eigenvalue weighted by Crippen LogP contribution is -2.55. The number of aliphatic hydroxyl groups is 1. The number of nitrogens with zero attached hydrogens (tertiary/aromatic N) is 5. The fourth-order valence-corrected chi connectivity index (χ4v) is 4.47. The minimum Gasteiger partial charge on any atom is -0.396 e. The lowest BCUT2D eigenvalue weighted by Gasteiger charge is -2.45. The Hall–Kier alpha value is -2.03. The van der Waals surface area contributed by atoms with E-state index in [-0.39, 0.29) is 19.1 Å². The lowest BCUT2D eigenvalue weighted by atomic mass is 9.86. The summed E-state index contributed by atoms with van der Waals surface area (Å²) in [5.41, 5.74) is 1.62. The Balaban J connectivity index is 1.40. The predicted octanol–water partition coefficient (Wildman–Crippen LogP) is 0.753. The molecule has 28 heavy (non-hydrogen) atoms. The van der Waals surface area contributed by atoms with Crippen LogP contribution in [0.25, 0.3) is 11.0 Å². The van der Waals surface area contributed by atoms with Gasteiger partial charge < -0.3 is 14.7 Å². The smallest absolute Gasteiger partial charge is 0.246 e. The number of amides is 1. The summed E-state index contributed by atoms with van der Waals surface area (Å²) in [7, 11) is 0. The molecule has 0 aliphatic carbocycles. The number of benzene rings is 1. The van der Waals surface area contributed by atoms with E-state index >= 15 is 0 Å². The maximum Gasteiger partial charge on any atom is 0.246 e. The Labute approximate surface area is 165 Å². The van der Waals surface area contributed by atoms with Crippen molar-refractivity contribution in [2.24, 2.45) is 5.92 Å². The van der Waals surface area contributed by atoms with E-state index < -0.39 is 0 Å². The molecule has 1 amide bonds. The average Bonchev–Trinajstić information content (AvgIpc) is 3.15. The van der Waals surface area contributed by atoms with Gasteiger partial charge in [-0.05, 0) is 37.3 Å². The third-order valence-electron chi connectivity index (χ3n) is 5.90. The third kappa shape index (κ3) is 4.34. The van der Waals surface area contributed by atoms with Gasteiger partial charge in [-0.15, -0.1) is 0 Å². The minimum atomic E-state index is 0.0646. The van der Waals surface area contributed by atoms with Gasteiger partial charge in [0.25, 0.3) is 0 Å². The molecule has 1 aromatic carbocycles. The van der Waals surface area contributed by atoms with Crippen molar-refractivity contribution in [1.82, 2.24) is 24.8 Å². The number of rotatable bonds is 6. The summed E-state index contributed by atoms with van der Waals surface area (Å²) in [6, 6.07) is 8.12. The first-order valence-electron chi connectivity index (χ1n) is 10.2. The van der Waals surface area contributed by atoms with E-state index in [1.54, 1.807) is 0 Å². The van der Waals surface area contributed by atoms with Crippen molar-refractivity contribution in [3.8, 4) is 0 Å². The van der Waals surface area contributed by atoms with Gasteiger partial charge in [0.15, 0.2) is 0 Å². The van der Waals surface area contributed by atoms with Crippen LogP contribution in [-0.2, 0) is 16.1 Å². The summed E-state index contributed by atoms with van der Waals surface area (Å²) in [4.78, 5) is 18.9. The highest BCUT2D eigenvalue weighted by atomic mass is 16.5. The van der Waals surface area contributed by atoms with Crippen molar-refractivity contribution in [1.29, 1.82) is 0 Å². The molecule has 0 radical (unpaired) electrons. The highest BCUT2D eigenvalue weighted by Crippen LogP contribution is 2.27. The summed E-state index contributed by atoms with van der Waals surface area (Å²) < 4.78 is 5.49. The molecule has 2 atom stereocenters. The highest BCUT2D eigenvalue weighted by molar-refractivity contribution is 5.77. The maximum atomic E-state index is 12.9. The summed E-state index contributed by atoms with van der Waals surface area (Å²) in [6.07, 6.45) is 2.68. The van der Waals surface area contributed by atoms with Crippen LogP contribution in [0.5, 0.6) is 0 Å². The molecule has 0 spiro atoms. The SMILES string of the molecule is O=C(Cn1nc2ccccc2n1)N1CC[C@H](N2CCOCC2)[C@H](CCCO)C1. The number of ether oxygens (including phenoxy) is 1. The number of hydrogen-bond donors (Lipinski definition) is 1. The second-order valence-corrected chi connectivity index (χ2v) is 7.69. The summed E-state index contributed by atoms with van der Waals surface area (Å²) >= 11 is 0. The molecule has 2 aliphatic rings.